The third kappa shape index (κ3) is 3.49. The van der Waals surface area contributed by atoms with Crippen molar-refractivity contribution >= 4 is 53.3 Å². The Labute approximate surface area is 128 Å². The Morgan fingerprint density at radius 3 is 2.32 bits per heavy atom. The zero-order valence-electron chi connectivity index (χ0n) is 9.60. The van der Waals surface area contributed by atoms with Crippen molar-refractivity contribution in [3.8, 4) is 0 Å². The van der Waals surface area contributed by atoms with E-state index in [0.29, 0.717) is 5.69 Å². The van der Waals surface area contributed by atoms with E-state index in [1.54, 1.807) is 30.3 Å². The summed E-state index contributed by atoms with van der Waals surface area (Å²) in [6, 6.07) is 11.5. The van der Waals surface area contributed by atoms with E-state index >= 15 is 0 Å². The molecule has 0 aliphatic rings. The number of halogens is 2. The maximum absolute atomic E-state index is 12.2. The van der Waals surface area contributed by atoms with Crippen molar-refractivity contribution in [3.63, 3.8) is 0 Å². The van der Waals surface area contributed by atoms with Crippen molar-refractivity contribution in [1.29, 1.82) is 0 Å². The third-order valence-electron chi connectivity index (χ3n) is 2.34. The summed E-state index contributed by atoms with van der Waals surface area (Å²) in [7, 11) is -3.69. The van der Waals surface area contributed by atoms with Gasteiger partial charge in [-0.3, -0.25) is 4.72 Å². The number of benzene rings is 2. The molecule has 0 spiro atoms. The van der Waals surface area contributed by atoms with Gasteiger partial charge in [-0.15, -0.1) is 0 Å². The molecule has 3 N–H and O–H groups in total. The van der Waals surface area contributed by atoms with Crippen molar-refractivity contribution in [2.75, 3.05) is 10.5 Å². The van der Waals surface area contributed by atoms with Crippen LogP contribution >= 0.6 is 31.9 Å². The first-order chi connectivity index (χ1) is 8.88. The summed E-state index contributed by atoms with van der Waals surface area (Å²) in [6.07, 6.45) is 0. The average Bonchev–Trinajstić information content (AvgIpc) is 2.27. The number of rotatable bonds is 3. The predicted octanol–water partition coefficient (Wildman–Crippen LogP) is 3.59. The van der Waals surface area contributed by atoms with Crippen LogP contribution in [-0.2, 0) is 10.0 Å². The highest BCUT2D eigenvalue weighted by Gasteiger charge is 2.17. The smallest absolute Gasteiger partial charge is 0.263 e. The highest BCUT2D eigenvalue weighted by molar-refractivity contribution is 9.10. The molecule has 0 aromatic heterocycles. The van der Waals surface area contributed by atoms with Gasteiger partial charge in [0.2, 0.25) is 0 Å². The summed E-state index contributed by atoms with van der Waals surface area (Å²) in [4.78, 5) is 0.0516. The van der Waals surface area contributed by atoms with Gasteiger partial charge in [0.15, 0.2) is 0 Å². The van der Waals surface area contributed by atoms with Gasteiger partial charge in [-0.05, 0) is 36.4 Å². The largest absolute Gasteiger partial charge is 0.398 e. The van der Waals surface area contributed by atoms with Crippen molar-refractivity contribution in [2.24, 2.45) is 0 Å². The summed E-state index contributed by atoms with van der Waals surface area (Å²) in [5, 5.41) is 0. The summed E-state index contributed by atoms with van der Waals surface area (Å²) in [6.45, 7) is 0. The molecule has 0 unspecified atom stereocenters. The quantitative estimate of drug-likeness (QED) is 0.766. The van der Waals surface area contributed by atoms with E-state index in [1.165, 1.54) is 6.07 Å². The first-order valence-electron chi connectivity index (χ1n) is 5.22. The number of nitrogens with two attached hydrogens (primary N) is 1. The van der Waals surface area contributed by atoms with Crippen molar-refractivity contribution in [2.45, 2.75) is 4.90 Å². The Morgan fingerprint density at radius 1 is 1.00 bits per heavy atom. The van der Waals surface area contributed by atoms with Crippen molar-refractivity contribution in [1.82, 2.24) is 0 Å². The van der Waals surface area contributed by atoms with Crippen LogP contribution in [0.2, 0.25) is 0 Å². The van der Waals surface area contributed by atoms with Crippen LogP contribution in [0.15, 0.2) is 56.3 Å². The molecule has 0 bridgehead atoms. The van der Waals surface area contributed by atoms with E-state index < -0.39 is 10.0 Å². The minimum Gasteiger partial charge on any atom is -0.398 e. The lowest BCUT2D eigenvalue weighted by molar-refractivity contribution is 0.601. The number of sulfonamides is 1. The van der Waals surface area contributed by atoms with Crippen molar-refractivity contribution in [3.05, 3.63) is 51.4 Å². The second kappa shape index (κ2) is 5.52. The maximum Gasteiger partial charge on any atom is 0.263 e. The molecule has 0 radical (unpaired) electrons. The fourth-order valence-electron chi connectivity index (χ4n) is 1.53. The van der Waals surface area contributed by atoms with Gasteiger partial charge in [0.05, 0.1) is 5.69 Å². The molecule has 2 aromatic rings. The fourth-order valence-corrected chi connectivity index (χ4v) is 3.47. The van der Waals surface area contributed by atoms with Gasteiger partial charge in [-0.1, -0.05) is 37.9 Å². The van der Waals surface area contributed by atoms with Crippen LogP contribution in [0, 0.1) is 0 Å². The van der Waals surface area contributed by atoms with Gasteiger partial charge in [-0.2, -0.15) is 0 Å². The van der Waals surface area contributed by atoms with E-state index in [0.717, 1.165) is 8.95 Å². The number of nitrogens with one attached hydrogen (secondary N) is 1. The minimum absolute atomic E-state index is 0.0516. The van der Waals surface area contributed by atoms with Crippen LogP contribution in [0.25, 0.3) is 0 Å². The summed E-state index contributed by atoms with van der Waals surface area (Å²) >= 11 is 6.52. The van der Waals surface area contributed by atoms with E-state index in [-0.39, 0.29) is 10.6 Å². The molecule has 100 valence electrons. The van der Waals surface area contributed by atoms with Gasteiger partial charge in [0.1, 0.15) is 4.90 Å². The number of hydrogen-bond acceptors (Lipinski definition) is 3. The Bertz CT molecular complexity index is 717. The van der Waals surface area contributed by atoms with E-state index in [1.807, 2.05) is 6.07 Å². The molecule has 0 aliphatic carbocycles. The first kappa shape index (κ1) is 14.4. The Morgan fingerprint density at radius 2 is 1.68 bits per heavy atom. The molecule has 19 heavy (non-hydrogen) atoms. The fraction of sp³-hybridized carbons (Fsp3) is 0. The van der Waals surface area contributed by atoms with Crippen LogP contribution in [0.3, 0.4) is 0 Å². The molecular formula is C12H10Br2N2O2S. The molecule has 0 amide bonds. The van der Waals surface area contributed by atoms with E-state index in [2.05, 4.69) is 36.6 Å². The number of nitrogen functional groups attached to an aromatic ring is 1. The van der Waals surface area contributed by atoms with Gasteiger partial charge in [0, 0.05) is 14.6 Å². The monoisotopic (exact) mass is 404 g/mol. The van der Waals surface area contributed by atoms with Crippen LogP contribution in [0.1, 0.15) is 0 Å². The zero-order valence-corrected chi connectivity index (χ0v) is 13.6. The maximum atomic E-state index is 12.2. The van der Waals surface area contributed by atoms with Gasteiger partial charge in [-0.25, -0.2) is 8.42 Å². The summed E-state index contributed by atoms with van der Waals surface area (Å²) < 4.78 is 28.4. The Hall–Kier alpha value is -1.05. The molecule has 4 nitrogen and oxygen atoms in total. The molecule has 7 heteroatoms. The van der Waals surface area contributed by atoms with Crippen LogP contribution in [0.4, 0.5) is 11.4 Å². The van der Waals surface area contributed by atoms with Gasteiger partial charge >= 0.3 is 0 Å². The van der Waals surface area contributed by atoms with Gasteiger partial charge < -0.3 is 5.73 Å². The second-order valence-corrected chi connectivity index (χ2v) is 7.28. The van der Waals surface area contributed by atoms with Crippen LogP contribution < -0.4 is 10.5 Å². The molecule has 0 aliphatic heterocycles. The highest BCUT2D eigenvalue weighted by atomic mass is 79.9. The second-order valence-electron chi connectivity index (χ2n) is 3.80. The van der Waals surface area contributed by atoms with Gasteiger partial charge in [0.25, 0.3) is 10.0 Å². The average molecular weight is 406 g/mol. The standard InChI is InChI=1S/C12H10Br2N2O2S/c13-8-2-1-3-10(6-8)16-19(17,18)12-5-4-9(14)7-11(12)15/h1-7,16H,15H2. The van der Waals surface area contributed by atoms with E-state index in [9.17, 15) is 8.42 Å². The van der Waals surface area contributed by atoms with Crippen molar-refractivity contribution < 1.29 is 8.42 Å². The van der Waals surface area contributed by atoms with E-state index in [4.69, 9.17) is 5.73 Å². The van der Waals surface area contributed by atoms with Crippen LogP contribution in [0.5, 0.6) is 0 Å². The SMILES string of the molecule is Nc1cc(Br)ccc1S(=O)(=O)Nc1cccc(Br)c1. The zero-order chi connectivity index (χ0) is 14.0. The predicted molar refractivity (Wildman–Crippen MR) is 83.5 cm³/mol. The molecule has 0 atom stereocenters. The molecule has 0 saturated heterocycles. The molecule has 0 fully saturated rings. The Kier molecular flexibility index (Phi) is 4.17. The lowest BCUT2D eigenvalue weighted by atomic mass is 10.3. The summed E-state index contributed by atoms with van der Waals surface area (Å²) in [5.41, 5.74) is 6.39. The molecular weight excluding hydrogens is 396 g/mol. The molecule has 0 heterocycles. The molecule has 0 saturated carbocycles. The number of hydrogen-bond donors (Lipinski definition) is 2. The lowest BCUT2D eigenvalue weighted by Crippen LogP contribution is -2.14. The topological polar surface area (TPSA) is 72.2 Å². The number of anilines is 2. The van der Waals surface area contributed by atoms with Crippen LogP contribution in [-0.4, -0.2) is 8.42 Å². The third-order valence-corrected chi connectivity index (χ3v) is 4.78. The first-order valence-corrected chi connectivity index (χ1v) is 8.29. The normalized spacial score (nSPS) is 11.3. The highest BCUT2D eigenvalue weighted by Crippen LogP contribution is 2.25. The minimum atomic E-state index is -3.69. The molecule has 2 rings (SSSR count). The lowest BCUT2D eigenvalue weighted by Gasteiger charge is -2.10. The molecule has 2 aromatic carbocycles. The summed E-state index contributed by atoms with van der Waals surface area (Å²) in [5.74, 6) is 0. The Balaban J connectivity index is 2.38.